The maximum atomic E-state index is 13.1. The molecule has 5 rings (SSSR count). The van der Waals surface area contributed by atoms with Crippen LogP contribution in [0.1, 0.15) is 36.8 Å². The molecule has 6 nitrogen and oxygen atoms in total. The summed E-state index contributed by atoms with van der Waals surface area (Å²) in [6.45, 7) is 1.65. The van der Waals surface area contributed by atoms with Crippen molar-refractivity contribution in [2.24, 2.45) is 0 Å². The number of amides is 2. The second kappa shape index (κ2) is 8.61. The molecule has 0 aromatic heterocycles. The van der Waals surface area contributed by atoms with E-state index in [-0.39, 0.29) is 25.0 Å². The molecule has 0 bridgehead atoms. The van der Waals surface area contributed by atoms with Gasteiger partial charge in [0.05, 0.1) is 12.2 Å². The quantitative estimate of drug-likeness (QED) is 0.761. The minimum Gasteiger partial charge on any atom is -0.484 e. The topological polar surface area (TPSA) is 59.1 Å². The lowest BCUT2D eigenvalue weighted by Gasteiger charge is -2.37. The molecule has 2 aromatic rings. The molecule has 0 N–H and O–H groups in total. The highest BCUT2D eigenvalue weighted by molar-refractivity contribution is 5.98. The Morgan fingerprint density at radius 2 is 1.77 bits per heavy atom. The van der Waals surface area contributed by atoms with Crippen LogP contribution in [-0.4, -0.2) is 49.1 Å². The average Bonchev–Trinajstić information content (AvgIpc) is 3.30. The van der Waals surface area contributed by atoms with Gasteiger partial charge in [-0.3, -0.25) is 9.59 Å². The van der Waals surface area contributed by atoms with Gasteiger partial charge in [-0.1, -0.05) is 18.2 Å². The Kier molecular flexibility index (Phi) is 5.53. The molecule has 3 aliphatic rings. The lowest BCUT2D eigenvalue weighted by atomic mass is 10.1. The van der Waals surface area contributed by atoms with Crippen LogP contribution in [0, 0.1) is 0 Å². The smallest absolute Gasteiger partial charge is 0.265 e. The Balaban J connectivity index is 1.30. The fraction of sp³-hybridized carbons (Fsp3) is 0.440. The predicted octanol–water partition coefficient (Wildman–Crippen LogP) is 3.36. The molecule has 2 aromatic carbocycles. The molecular formula is C25H28N2O4. The van der Waals surface area contributed by atoms with Gasteiger partial charge in [0.2, 0.25) is 0 Å². The van der Waals surface area contributed by atoms with Crippen LogP contribution >= 0.6 is 0 Å². The number of ether oxygens (including phenoxy) is 2. The maximum Gasteiger partial charge on any atom is 0.265 e. The molecule has 162 valence electrons. The first-order chi connectivity index (χ1) is 15.2. The van der Waals surface area contributed by atoms with E-state index in [2.05, 4.69) is 6.07 Å². The summed E-state index contributed by atoms with van der Waals surface area (Å²) in [5, 5.41) is 0. The van der Waals surface area contributed by atoms with Gasteiger partial charge in [-0.2, -0.15) is 0 Å². The number of piperidine rings is 1. The number of aryl methyl sites for hydroxylation is 2. The highest BCUT2D eigenvalue weighted by Gasteiger charge is 2.36. The highest BCUT2D eigenvalue weighted by atomic mass is 16.5. The van der Waals surface area contributed by atoms with Crippen molar-refractivity contribution >= 4 is 17.5 Å². The monoisotopic (exact) mass is 420 g/mol. The van der Waals surface area contributed by atoms with Crippen molar-refractivity contribution in [3.63, 3.8) is 0 Å². The maximum absolute atomic E-state index is 13.1. The lowest BCUT2D eigenvalue weighted by Crippen LogP contribution is -2.53. The average molecular weight is 421 g/mol. The number of rotatable bonds is 4. The van der Waals surface area contributed by atoms with E-state index in [0.29, 0.717) is 11.4 Å². The van der Waals surface area contributed by atoms with Crippen LogP contribution in [-0.2, 0) is 22.4 Å². The van der Waals surface area contributed by atoms with Gasteiger partial charge in [0.15, 0.2) is 12.7 Å². The van der Waals surface area contributed by atoms with Gasteiger partial charge >= 0.3 is 0 Å². The Hall–Kier alpha value is -3.02. The number of hydrogen-bond acceptors (Lipinski definition) is 4. The molecule has 2 heterocycles. The number of likely N-dealkylation sites (tertiary alicyclic amines) is 1. The van der Waals surface area contributed by atoms with Gasteiger partial charge in [-0.25, -0.2) is 0 Å². The summed E-state index contributed by atoms with van der Waals surface area (Å²) in [5.74, 6) is 1.07. The Morgan fingerprint density at radius 1 is 0.968 bits per heavy atom. The molecule has 6 heteroatoms. The molecule has 0 spiro atoms. The van der Waals surface area contributed by atoms with Crippen molar-refractivity contribution in [3.8, 4) is 11.5 Å². The van der Waals surface area contributed by atoms with Crippen LogP contribution in [0.25, 0.3) is 0 Å². The van der Waals surface area contributed by atoms with E-state index in [1.54, 1.807) is 4.90 Å². The molecule has 1 aliphatic carbocycles. The molecule has 0 saturated carbocycles. The van der Waals surface area contributed by atoms with Crippen LogP contribution in [0.2, 0.25) is 0 Å². The minimum atomic E-state index is -0.683. The van der Waals surface area contributed by atoms with Gasteiger partial charge in [-0.15, -0.1) is 0 Å². The van der Waals surface area contributed by atoms with E-state index < -0.39 is 6.10 Å². The molecule has 2 aliphatic heterocycles. The summed E-state index contributed by atoms with van der Waals surface area (Å²) in [4.78, 5) is 29.7. The Labute approximate surface area is 182 Å². The fourth-order valence-electron chi connectivity index (χ4n) is 4.78. The lowest BCUT2D eigenvalue weighted by molar-refractivity contribution is -0.139. The van der Waals surface area contributed by atoms with E-state index in [9.17, 15) is 9.59 Å². The summed E-state index contributed by atoms with van der Waals surface area (Å²) >= 11 is 0. The van der Waals surface area contributed by atoms with Crippen molar-refractivity contribution in [3.05, 3.63) is 53.6 Å². The van der Waals surface area contributed by atoms with Crippen molar-refractivity contribution in [1.82, 2.24) is 4.90 Å². The second-order valence-electron chi connectivity index (χ2n) is 8.54. The third kappa shape index (κ3) is 4.11. The van der Waals surface area contributed by atoms with E-state index in [1.807, 2.05) is 41.3 Å². The van der Waals surface area contributed by atoms with Crippen LogP contribution in [0.15, 0.2) is 42.5 Å². The van der Waals surface area contributed by atoms with Crippen LogP contribution < -0.4 is 14.4 Å². The van der Waals surface area contributed by atoms with Crippen molar-refractivity contribution in [1.29, 1.82) is 0 Å². The van der Waals surface area contributed by atoms with E-state index >= 15 is 0 Å². The number of fused-ring (bicyclic) bond motifs is 2. The number of carbonyl (C=O) groups excluding carboxylic acids is 2. The third-order valence-electron chi connectivity index (χ3n) is 6.45. The number of benzene rings is 2. The van der Waals surface area contributed by atoms with E-state index in [0.717, 1.165) is 50.9 Å². The van der Waals surface area contributed by atoms with Gasteiger partial charge in [-0.05, 0) is 73.9 Å². The number of para-hydroxylation sites is 2. The van der Waals surface area contributed by atoms with Gasteiger partial charge in [0.25, 0.3) is 11.8 Å². The molecule has 1 fully saturated rings. The summed E-state index contributed by atoms with van der Waals surface area (Å²) in [5.41, 5.74) is 3.38. The van der Waals surface area contributed by atoms with Gasteiger partial charge in [0, 0.05) is 13.1 Å². The molecule has 2 amide bonds. The van der Waals surface area contributed by atoms with Crippen molar-refractivity contribution in [2.45, 2.75) is 44.6 Å². The molecule has 0 radical (unpaired) electrons. The SMILES string of the molecule is O=C([C@@H]1CN(C(=O)COc2ccc3c(c2)CCC3)c2ccccc2O1)N1CCCCC1. The second-order valence-corrected chi connectivity index (χ2v) is 8.54. The molecule has 1 atom stereocenters. The Morgan fingerprint density at radius 3 is 2.65 bits per heavy atom. The predicted molar refractivity (Wildman–Crippen MR) is 118 cm³/mol. The normalized spacial score (nSPS) is 19.9. The van der Waals surface area contributed by atoms with Crippen molar-refractivity contribution < 1.29 is 19.1 Å². The third-order valence-corrected chi connectivity index (χ3v) is 6.45. The molecular weight excluding hydrogens is 392 g/mol. The first-order valence-electron chi connectivity index (χ1n) is 11.3. The number of hydrogen-bond donors (Lipinski definition) is 0. The summed E-state index contributed by atoms with van der Waals surface area (Å²) in [6.07, 6.45) is 5.87. The minimum absolute atomic E-state index is 0.0356. The first kappa shape index (κ1) is 19.9. The summed E-state index contributed by atoms with van der Waals surface area (Å²) < 4.78 is 11.9. The Bertz CT molecular complexity index is 983. The van der Waals surface area contributed by atoms with Crippen LogP contribution in [0.3, 0.4) is 0 Å². The summed E-state index contributed by atoms with van der Waals surface area (Å²) in [6, 6.07) is 13.5. The van der Waals surface area contributed by atoms with Crippen LogP contribution in [0.4, 0.5) is 5.69 Å². The van der Waals surface area contributed by atoms with Gasteiger partial charge < -0.3 is 19.3 Å². The summed E-state index contributed by atoms with van der Waals surface area (Å²) in [7, 11) is 0. The standard InChI is InChI=1S/C25H28N2O4/c28-24(17-30-20-12-11-18-7-6-8-19(18)15-20)27-16-23(25(29)26-13-4-1-5-14-26)31-22-10-3-2-9-21(22)27/h2-3,9-12,15,23H,1,4-8,13-14,16-17H2/t23-/m0/s1. The molecule has 31 heavy (non-hydrogen) atoms. The molecule has 1 saturated heterocycles. The number of anilines is 1. The zero-order valence-electron chi connectivity index (χ0n) is 17.7. The van der Waals surface area contributed by atoms with Crippen molar-refractivity contribution in [2.75, 3.05) is 31.1 Å². The van der Waals surface area contributed by atoms with Gasteiger partial charge in [0.1, 0.15) is 11.5 Å². The zero-order chi connectivity index (χ0) is 21.2. The van der Waals surface area contributed by atoms with E-state index in [1.165, 1.54) is 17.5 Å². The van der Waals surface area contributed by atoms with E-state index in [4.69, 9.17) is 9.47 Å². The fourth-order valence-corrected chi connectivity index (χ4v) is 4.78. The number of nitrogens with zero attached hydrogens (tertiary/aromatic N) is 2. The van der Waals surface area contributed by atoms with Crippen LogP contribution in [0.5, 0.6) is 11.5 Å². The molecule has 0 unspecified atom stereocenters. The highest BCUT2D eigenvalue weighted by Crippen LogP contribution is 2.34. The first-order valence-corrected chi connectivity index (χ1v) is 11.3. The largest absolute Gasteiger partial charge is 0.484 e. The number of carbonyl (C=O) groups is 2. The zero-order valence-corrected chi connectivity index (χ0v) is 17.7.